The highest BCUT2D eigenvalue weighted by atomic mass is 127. The Morgan fingerprint density at radius 1 is 1.17 bits per heavy atom. The Morgan fingerprint density at radius 3 is 2.44 bits per heavy atom. The molecular weight excluding hydrogens is 368 g/mol. The smallest absolute Gasteiger partial charge is 0.260 e. The largest absolute Gasteiger partial charge is 0.322 e. The number of hydrogen-bond donors (Lipinski definition) is 1. The zero-order chi connectivity index (χ0) is 13.1. The molecule has 0 radical (unpaired) electrons. The number of halogens is 3. The minimum absolute atomic E-state index is 0.0954. The van der Waals surface area contributed by atoms with E-state index >= 15 is 0 Å². The summed E-state index contributed by atoms with van der Waals surface area (Å²) in [5.74, 6) is -1.19. The van der Waals surface area contributed by atoms with Gasteiger partial charge in [-0.25, -0.2) is 4.39 Å². The summed E-state index contributed by atoms with van der Waals surface area (Å²) in [5, 5.41) is 2.70. The molecule has 0 saturated heterocycles. The third kappa shape index (κ3) is 3.00. The third-order valence-corrected chi connectivity index (χ3v) is 3.33. The molecule has 2 aromatic carbocycles. The van der Waals surface area contributed by atoms with Crippen LogP contribution in [0.5, 0.6) is 0 Å². The lowest BCUT2D eigenvalue weighted by molar-refractivity contribution is 0.102. The van der Waals surface area contributed by atoms with Gasteiger partial charge in [-0.2, -0.15) is 0 Å². The lowest BCUT2D eigenvalue weighted by Gasteiger charge is -2.07. The van der Waals surface area contributed by atoms with Crippen molar-refractivity contribution in [2.45, 2.75) is 0 Å². The second kappa shape index (κ2) is 5.67. The fourth-order valence-corrected chi connectivity index (χ4v) is 2.05. The number of hydrogen-bond acceptors (Lipinski definition) is 1. The van der Waals surface area contributed by atoms with Crippen LogP contribution in [-0.2, 0) is 0 Å². The second-order valence-electron chi connectivity index (χ2n) is 3.56. The van der Waals surface area contributed by atoms with Crippen LogP contribution in [0.25, 0.3) is 0 Å². The summed E-state index contributed by atoms with van der Waals surface area (Å²) in [6, 6.07) is 11.3. The van der Waals surface area contributed by atoms with E-state index < -0.39 is 11.7 Å². The van der Waals surface area contributed by atoms with E-state index in [4.69, 9.17) is 11.6 Å². The van der Waals surface area contributed by atoms with Crippen LogP contribution in [0.4, 0.5) is 10.1 Å². The van der Waals surface area contributed by atoms with Crippen LogP contribution >= 0.6 is 34.2 Å². The Hall–Kier alpha value is -1.14. The number of carbonyl (C=O) groups excluding carboxylic acids is 1. The zero-order valence-corrected chi connectivity index (χ0v) is 12.0. The summed E-state index contributed by atoms with van der Waals surface area (Å²) in [5.41, 5.74) is 0.456. The molecule has 0 aliphatic carbocycles. The number of nitrogens with one attached hydrogen (secondary N) is 1. The van der Waals surface area contributed by atoms with Gasteiger partial charge in [0, 0.05) is 9.26 Å². The molecule has 5 heteroatoms. The molecule has 2 rings (SSSR count). The van der Waals surface area contributed by atoms with Crippen molar-refractivity contribution in [3.8, 4) is 0 Å². The molecule has 2 aromatic rings. The van der Waals surface area contributed by atoms with Crippen LogP contribution in [-0.4, -0.2) is 5.91 Å². The van der Waals surface area contributed by atoms with Gasteiger partial charge in [-0.3, -0.25) is 4.79 Å². The van der Waals surface area contributed by atoms with Crippen LogP contribution in [0.15, 0.2) is 42.5 Å². The van der Waals surface area contributed by atoms with Gasteiger partial charge in [0.1, 0.15) is 5.82 Å². The molecule has 0 aliphatic heterocycles. The van der Waals surface area contributed by atoms with Crippen molar-refractivity contribution < 1.29 is 9.18 Å². The Balaban J connectivity index is 2.25. The summed E-state index contributed by atoms with van der Waals surface area (Å²) in [6.07, 6.45) is 0. The molecule has 0 heterocycles. The van der Waals surface area contributed by atoms with Crippen LogP contribution in [0.2, 0.25) is 5.02 Å². The highest BCUT2D eigenvalue weighted by Gasteiger charge is 2.15. The van der Waals surface area contributed by atoms with Gasteiger partial charge in [0.15, 0.2) is 0 Å². The predicted octanol–water partition coefficient (Wildman–Crippen LogP) is 4.34. The Bertz CT molecular complexity index is 566. The molecule has 0 fully saturated rings. The normalized spacial score (nSPS) is 10.2. The fourth-order valence-electron chi connectivity index (χ4n) is 1.44. The fraction of sp³-hybridized carbons (Fsp3) is 0. The average Bonchev–Trinajstić information content (AvgIpc) is 2.32. The third-order valence-electron chi connectivity index (χ3n) is 2.29. The summed E-state index contributed by atoms with van der Waals surface area (Å²) in [7, 11) is 0. The summed E-state index contributed by atoms with van der Waals surface area (Å²) < 4.78 is 14.6. The van der Waals surface area contributed by atoms with Gasteiger partial charge in [-0.1, -0.05) is 17.7 Å². The van der Waals surface area contributed by atoms with Gasteiger partial charge in [-0.15, -0.1) is 0 Å². The molecule has 0 aromatic heterocycles. The molecule has 0 saturated carbocycles. The quantitative estimate of drug-likeness (QED) is 0.778. The first-order valence-electron chi connectivity index (χ1n) is 5.09. The maximum absolute atomic E-state index is 13.5. The highest BCUT2D eigenvalue weighted by molar-refractivity contribution is 14.1. The number of carbonyl (C=O) groups is 1. The molecule has 18 heavy (non-hydrogen) atoms. The Morgan fingerprint density at radius 2 is 1.83 bits per heavy atom. The topological polar surface area (TPSA) is 29.1 Å². The molecule has 0 spiro atoms. The van der Waals surface area contributed by atoms with E-state index in [1.807, 2.05) is 12.1 Å². The molecule has 1 amide bonds. The van der Waals surface area contributed by atoms with Crippen molar-refractivity contribution in [1.29, 1.82) is 0 Å². The molecule has 2 nitrogen and oxygen atoms in total. The van der Waals surface area contributed by atoms with Crippen molar-refractivity contribution in [3.63, 3.8) is 0 Å². The first-order valence-corrected chi connectivity index (χ1v) is 6.54. The van der Waals surface area contributed by atoms with Crippen molar-refractivity contribution in [2.75, 3.05) is 5.32 Å². The molecular formula is C13H8ClFINO. The summed E-state index contributed by atoms with van der Waals surface area (Å²) >= 11 is 7.97. The Labute approximate surface area is 122 Å². The lowest BCUT2D eigenvalue weighted by atomic mass is 10.2. The Kier molecular flexibility index (Phi) is 4.19. The number of amides is 1. The SMILES string of the molecule is O=C(Nc1ccc(I)cc1)c1c(F)cccc1Cl. The summed E-state index contributed by atoms with van der Waals surface area (Å²) in [4.78, 5) is 11.9. The van der Waals surface area contributed by atoms with E-state index in [0.29, 0.717) is 5.69 Å². The molecule has 0 bridgehead atoms. The first-order chi connectivity index (χ1) is 8.58. The van der Waals surface area contributed by atoms with Crippen LogP contribution in [0.1, 0.15) is 10.4 Å². The van der Waals surface area contributed by atoms with Crippen LogP contribution < -0.4 is 5.32 Å². The number of rotatable bonds is 2. The van der Waals surface area contributed by atoms with Crippen molar-refractivity contribution in [3.05, 3.63) is 62.4 Å². The van der Waals surface area contributed by atoms with E-state index in [9.17, 15) is 9.18 Å². The van der Waals surface area contributed by atoms with E-state index in [0.717, 1.165) is 3.57 Å². The van der Waals surface area contributed by atoms with Gasteiger partial charge in [0.25, 0.3) is 5.91 Å². The van der Waals surface area contributed by atoms with Gasteiger partial charge in [-0.05, 0) is 59.0 Å². The van der Waals surface area contributed by atoms with Crippen LogP contribution in [0, 0.1) is 9.39 Å². The van der Waals surface area contributed by atoms with E-state index in [2.05, 4.69) is 27.9 Å². The summed E-state index contributed by atoms with van der Waals surface area (Å²) in [6.45, 7) is 0. The first kappa shape index (κ1) is 13.3. The van der Waals surface area contributed by atoms with Gasteiger partial charge in [0.05, 0.1) is 10.6 Å². The molecule has 0 unspecified atom stereocenters. The van der Waals surface area contributed by atoms with E-state index in [-0.39, 0.29) is 10.6 Å². The van der Waals surface area contributed by atoms with Gasteiger partial charge in [0.2, 0.25) is 0 Å². The lowest BCUT2D eigenvalue weighted by Crippen LogP contribution is -2.14. The van der Waals surface area contributed by atoms with Crippen LogP contribution in [0.3, 0.4) is 0 Å². The van der Waals surface area contributed by atoms with Crippen molar-refractivity contribution >= 4 is 45.8 Å². The second-order valence-corrected chi connectivity index (χ2v) is 5.21. The maximum Gasteiger partial charge on any atom is 0.260 e. The van der Waals surface area contributed by atoms with Crippen molar-refractivity contribution in [2.24, 2.45) is 0 Å². The van der Waals surface area contributed by atoms with Gasteiger partial charge >= 0.3 is 0 Å². The highest BCUT2D eigenvalue weighted by Crippen LogP contribution is 2.20. The number of anilines is 1. The minimum Gasteiger partial charge on any atom is -0.322 e. The van der Waals surface area contributed by atoms with E-state index in [1.54, 1.807) is 12.1 Å². The minimum atomic E-state index is -0.634. The van der Waals surface area contributed by atoms with E-state index in [1.165, 1.54) is 18.2 Å². The molecule has 0 aliphatic rings. The monoisotopic (exact) mass is 375 g/mol. The predicted molar refractivity (Wildman–Crippen MR) is 78.5 cm³/mol. The maximum atomic E-state index is 13.5. The number of benzene rings is 2. The molecule has 1 N–H and O–H groups in total. The standard InChI is InChI=1S/C13H8ClFINO/c14-10-2-1-3-11(15)12(10)13(18)17-9-6-4-8(16)5-7-9/h1-7H,(H,17,18). The van der Waals surface area contributed by atoms with Crippen molar-refractivity contribution in [1.82, 2.24) is 0 Å². The zero-order valence-electron chi connectivity index (χ0n) is 9.08. The average molecular weight is 376 g/mol. The van der Waals surface area contributed by atoms with Gasteiger partial charge < -0.3 is 5.32 Å². The molecule has 0 atom stereocenters. The molecule has 92 valence electrons.